The maximum Gasteiger partial charge on any atom is 0.0720 e. The van der Waals surface area contributed by atoms with Crippen molar-refractivity contribution in [1.29, 1.82) is 0 Å². The van der Waals surface area contributed by atoms with Gasteiger partial charge in [-0.05, 0) is 11.1 Å². The predicted molar refractivity (Wildman–Crippen MR) is 112 cm³/mol. The molecule has 0 fully saturated rings. The second-order valence-electron chi connectivity index (χ2n) is 7.75. The van der Waals surface area contributed by atoms with Crippen molar-refractivity contribution >= 4 is 0 Å². The molecule has 154 valence electrons. The number of hydrogen-bond donors (Lipinski definition) is 2. The summed E-state index contributed by atoms with van der Waals surface area (Å²) in [5.74, 6) is -0.223. The standard InChI is InChI=1S/C24H34O4/c1-18(14-25)23(26)20(3)24(28-17-22-12-8-5-9-13-22)19(2)15-27-16-21-10-6-4-7-11-21/h4-13,18-20,23-26H,14-17H2,1-3H3/t18-,19-,20+,23-,24-/m1/s1. The van der Waals surface area contributed by atoms with Crippen molar-refractivity contribution in [1.82, 2.24) is 0 Å². The Labute approximate surface area is 169 Å². The molecule has 0 aliphatic carbocycles. The smallest absolute Gasteiger partial charge is 0.0720 e. The molecule has 28 heavy (non-hydrogen) atoms. The first-order valence-electron chi connectivity index (χ1n) is 10.1. The molecule has 5 atom stereocenters. The van der Waals surface area contributed by atoms with E-state index in [1.54, 1.807) is 0 Å². The summed E-state index contributed by atoms with van der Waals surface area (Å²) in [5.41, 5.74) is 2.24. The lowest BCUT2D eigenvalue weighted by atomic mass is 9.84. The van der Waals surface area contributed by atoms with Crippen molar-refractivity contribution in [3.05, 3.63) is 71.8 Å². The van der Waals surface area contributed by atoms with Gasteiger partial charge in [0.1, 0.15) is 0 Å². The van der Waals surface area contributed by atoms with Gasteiger partial charge < -0.3 is 19.7 Å². The van der Waals surface area contributed by atoms with Crippen LogP contribution in [-0.2, 0) is 22.7 Å². The monoisotopic (exact) mass is 386 g/mol. The van der Waals surface area contributed by atoms with E-state index in [-0.39, 0.29) is 30.5 Å². The minimum atomic E-state index is -0.637. The first-order chi connectivity index (χ1) is 13.5. The van der Waals surface area contributed by atoms with Crippen LogP contribution in [0, 0.1) is 17.8 Å². The molecule has 2 N–H and O–H groups in total. The number of ether oxygens (including phenoxy) is 2. The van der Waals surface area contributed by atoms with E-state index in [2.05, 4.69) is 6.92 Å². The summed E-state index contributed by atoms with van der Waals surface area (Å²) in [6.45, 7) is 7.47. The van der Waals surface area contributed by atoms with Crippen molar-refractivity contribution in [2.75, 3.05) is 13.2 Å². The number of aliphatic hydroxyl groups is 2. The summed E-state index contributed by atoms with van der Waals surface area (Å²) < 4.78 is 12.2. The summed E-state index contributed by atoms with van der Waals surface area (Å²) in [5, 5.41) is 20.0. The molecule has 2 rings (SSSR count). The molecule has 0 radical (unpaired) electrons. The van der Waals surface area contributed by atoms with Gasteiger partial charge in [0.05, 0.1) is 32.0 Å². The van der Waals surface area contributed by atoms with Crippen LogP contribution in [-0.4, -0.2) is 35.6 Å². The highest BCUT2D eigenvalue weighted by molar-refractivity contribution is 5.14. The lowest BCUT2D eigenvalue weighted by molar-refractivity contribution is -0.0958. The molecule has 0 aliphatic rings. The van der Waals surface area contributed by atoms with Gasteiger partial charge in [-0.1, -0.05) is 81.4 Å². The zero-order chi connectivity index (χ0) is 20.4. The fourth-order valence-electron chi connectivity index (χ4n) is 3.45. The number of hydrogen-bond acceptors (Lipinski definition) is 4. The zero-order valence-corrected chi connectivity index (χ0v) is 17.2. The summed E-state index contributed by atoms with van der Waals surface area (Å²) >= 11 is 0. The Bertz CT molecular complexity index is 646. The molecule has 0 spiro atoms. The Balaban J connectivity index is 1.98. The molecule has 4 heteroatoms. The highest BCUT2D eigenvalue weighted by Crippen LogP contribution is 2.26. The van der Waals surface area contributed by atoms with E-state index in [1.165, 1.54) is 0 Å². The van der Waals surface area contributed by atoms with E-state index in [1.807, 2.05) is 74.5 Å². The van der Waals surface area contributed by atoms with Gasteiger partial charge in [0.15, 0.2) is 0 Å². The van der Waals surface area contributed by atoms with Gasteiger partial charge in [0, 0.05) is 24.4 Å². The molecule has 0 unspecified atom stereocenters. The van der Waals surface area contributed by atoms with Crippen LogP contribution >= 0.6 is 0 Å². The molecule has 0 aliphatic heterocycles. The third-order valence-corrected chi connectivity index (χ3v) is 5.27. The Hall–Kier alpha value is -1.72. The van der Waals surface area contributed by atoms with Crippen LogP contribution in [0.3, 0.4) is 0 Å². The van der Waals surface area contributed by atoms with Gasteiger partial charge in [-0.3, -0.25) is 0 Å². The van der Waals surface area contributed by atoms with Crippen LogP contribution < -0.4 is 0 Å². The fraction of sp³-hybridized carbons (Fsp3) is 0.500. The molecule has 0 aromatic heterocycles. The first-order valence-corrected chi connectivity index (χ1v) is 10.1. The van der Waals surface area contributed by atoms with Crippen LogP contribution in [0.25, 0.3) is 0 Å². The minimum Gasteiger partial charge on any atom is -0.396 e. The summed E-state index contributed by atoms with van der Waals surface area (Å²) in [6.07, 6.45) is -0.817. The van der Waals surface area contributed by atoms with Gasteiger partial charge in [0.25, 0.3) is 0 Å². The normalized spacial score (nSPS) is 16.9. The van der Waals surface area contributed by atoms with Gasteiger partial charge in [-0.2, -0.15) is 0 Å². The molecule has 0 amide bonds. The van der Waals surface area contributed by atoms with Crippen molar-refractivity contribution in [2.45, 2.75) is 46.2 Å². The molecule has 0 heterocycles. The minimum absolute atomic E-state index is 0.0458. The zero-order valence-electron chi connectivity index (χ0n) is 17.2. The molecule has 0 saturated heterocycles. The Morgan fingerprint density at radius 1 is 0.786 bits per heavy atom. The molecule has 4 nitrogen and oxygen atoms in total. The van der Waals surface area contributed by atoms with Crippen molar-refractivity contribution in [3.8, 4) is 0 Å². The lowest BCUT2D eigenvalue weighted by Crippen LogP contribution is -2.41. The third-order valence-electron chi connectivity index (χ3n) is 5.27. The van der Waals surface area contributed by atoms with E-state index >= 15 is 0 Å². The molecule has 2 aromatic rings. The van der Waals surface area contributed by atoms with Crippen molar-refractivity contribution in [3.63, 3.8) is 0 Å². The second-order valence-corrected chi connectivity index (χ2v) is 7.75. The van der Waals surface area contributed by atoms with E-state index in [0.29, 0.717) is 19.8 Å². The van der Waals surface area contributed by atoms with Crippen LogP contribution in [0.1, 0.15) is 31.9 Å². The van der Waals surface area contributed by atoms with Crippen molar-refractivity contribution in [2.24, 2.45) is 17.8 Å². The highest BCUT2D eigenvalue weighted by Gasteiger charge is 2.32. The van der Waals surface area contributed by atoms with E-state index < -0.39 is 6.10 Å². The second kappa shape index (κ2) is 12.0. The predicted octanol–water partition coefficient (Wildman–Crippen LogP) is 4.05. The summed E-state index contributed by atoms with van der Waals surface area (Å²) in [7, 11) is 0. The van der Waals surface area contributed by atoms with Crippen molar-refractivity contribution < 1.29 is 19.7 Å². The molecule has 0 bridgehead atoms. The van der Waals surface area contributed by atoms with E-state index in [0.717, 1.165) is 11.1 Å². The van der Waals surface area contributed by atoms with Crippen LogP contribution in [0.4, 0.5) is 0 Å². The first kappa shape index (κ1) is 22.6. The number of aliphatic hydroxyl groups excluding tert-OH is 2. The van der Waals surface area contributed by atoms with Crippen LogP contribution in [0.2, 0.25) is 0 Å². The third kappa shape index (κ3) is 7.02. The average molecular weight is 387 g/mol. The molecular formula is C24H34O4. The SMILES string of the molecule is C[C@@H]([C@H](O)[C@H](C)CO)[C@H](OCc1ccccc1)[C@H](C)COCc1ccccc1. The summed E-state index contributed by atoms with van der Waals surface area (Å²) in [4.78, 5) is 0. The maximum atomic E-state index is 10.6. The Kier molecular flexibility index (Phi) is 9.65. The topological polar surface area (TPSA) is 58.9 Å². The Morgan fingerprint density at radius 2 is 1.32 bits per heavy atom. The maximum absolute atomic E-state index is 10.6. The van der Waals surface area contributed by atoms with Gasteiger partial charge in [-0.25, -0.2) is 0 Å². The fourth-order valence-corrected chi connectivity index (χ4v) is 3.45. The Morgan fingerprint density at radius 3 is 1.86 bits per heavy atom. The number of rotatable bonds is 12. The van der Waals surface area contributed by atoms with Crippen LogP contribution in [0.15, 0.2) is 60.7 Å². The largest absolute Gasteiger partial charge is 0.396 e. The highest BCUT2D eigenvalue weighted by atomic mass is 16.5. The average Bonchev–Trinajstić information content (AvgIpc) is 2.74. The number of benzene rings is 2. The molecule has 2 aromatic carbocycles. The molecule has 0 saturated carbocycles. The summed E-state index contributed by atoms with van der Waals surface area (Å²) in [6, 6.07) is 20.1. The van der Waals surface area contributed by atoms with E-state index in [4.69, 9.17) is 9.47 Å². The van der Waals surface area contributed by atoms with E-state index in [9.17, 15) is 10.2 Å². The van der Waals surface area contributed by atoms with Gasteiger partial charge in [0.2, 0.25) is 0 Å². The molecular weight excluding hydrogens is 352 g/mol. The van der Waals surface area contributed by atoms with Crippen LogP contribution in [0.5, 0.6) is 0 Å². The van der Waals surface area contributed by atoms with Gasteiger partial charge in [-0.15, -0.1) is 0 Å². The van der Waals surface area contributed by atoms with Gasteiger partial charge >= 0.3 is 0 Å². The quantitative estimate of drug-likeness (QED) is 0.578. The lowest BCUT2D eigenvalue weighted by Gasteiger charge is -2.34.